The van der Waals surface area contributed by atoms with Crippen LogP contribution in [0.1, 0.15) is 18.9 Å². The first kappa shape index (κ1) is 13.8. The lowest BCUT2D eigenvalue weighted by Crippen LogP contribution is -2.42. The van der Waals surface area contributed by atoms with Gasteiger partial charge in [-0.3, -0.25) is 0 Å². The molecule has 0 aliphatic heterocycles. The van der Waals surface area contributed by atoms with Crippen LogP contribution in [0.5, 0.6) is 5.75 Å². The predicted molar refractivity (Wildman–Crippen MR) is 58.0 cm³/mol. The van der Waals surface area contributed by atoms with E-state index in [1.165, 1.54) is 7.11 Å². The van der Waals surface area contributed by atoms with Crippen LogP contribution < -0.4 is 4.74 Å². The number of hydrogen-bond donors (Lipinski definition) is 1. The zero-order valence-corrected chi connectivity index (χ0v) is 9.71. The maximum atomic E-state index is 12.4. The standard InChI is InChI=1S/C12H15F3O2/c1-11(16,12(13,14)15)8-7-9-3-5-10(17-2)6-4-9/h3-6,16H,7-8H2,1-2H3. The van der Waals surface area contributed by atoms with Crippen LogP contribution in [0, 0.1) is 0 Å². The second kappa shape index (κ2) is 4.96. The highest BCUT2D eigenvalue weighted by Gasteiger charge is 2.49. The molecule has 1 rings (SSSR count). The normalized spacial score (nSPS) is 15.4. The Kier molecular flexibility index (Phi) is 4.03. The van der Waals surface area contributed by atoms with E-state index < -0.39 is 11.8 Å². The first-order valence-electron chi connectivity index (χ1n) is 5.18. The first-order chi connectivity index (χ1) is 7.76. The minimum absolute atomic E-state index is 0.163. The second-order valence-corrected chi connectivity index (χ2v) is 4.12. The molecular formula is C12H15F3O2. The molecule has 0 heterocycles. The molecule has 0 saturated carbocycles. The van der Waals surface area contributed by atoms with Gasteiger partial charge in [-0.15, -0.1) is 0 Å². The molecule has 1 aromatic carbocycles. The van der Waals surface area contributed by atoms with Crippen LogP contribution in [-0.4, -0.2) is 24.0 Å². The molecule has 5 heteroatoms. The Morgan fingerprint density at radius 3 is 2.12 bits per heavy atom. The monoisotopic (exact) mass is 248 g/mol. The Labute approximate surface area is 98.0 Å². The maximum absolute atomic E-state index is 12.4. The molecule has 0 aliphatic rings. The minimum atomic E-state index is -4.60. The van der Waals surface area contributed by atoms with E-state index in [4.69, 9.17) is 4.74 Å². The van der Waals surface area contributed by atoms with Gasteiger partial charge < -0.3 is 9.84 Å². The average molecular weight is 248 g/mol. The fraction of sp³-hybridized carbons (Fsp3) is 0.500. The summed E-state index contributed by atoms with van der Waals surface area (Å²) in [6.07, 6.45) is -4.79. The number of ether oxygens (including phenoxy) is 1. The molecule has 0 fully saturated rings. The van der Waals surface area contributed by atoms with Crippen molar-refractivity contribution in [3.8, 4) is 5.75 Å². The summed E-state index contributed by atoms with van der Waals surface area (Å²) in [4.78, 5) is 0. The molecule has 0 aliphatic carbocycles. The number of benzene rings is 1. The van der Waals surface area contributed by atoms with Crippen LogP contribution in [0.2, 0.25) is 0 Å². The van der Waals surface area contributed by atoms with Crippen molar-refractivity contribution in [2.24, 2.45) is 0 Å². The SMILES string of the molecule is COc1ccc(CCC(C)(O)C(F)(F)F)cc1. The van der Waals surface area contributed by atoms with Crippen molar-refractivity contribution in [3.63, 3.8) is 0 Å². The average Bonchev–Trinajstić information content (AvgIpc) is 2.25. The number of aryl methyl sites for hydroxylation is 1. The van der Waals surface area contributed by atoms with E-state index in [0.29, 0.717) is 5.75 Å². The Morgan fingerprint density at radius 2 is 1.71 bits per heavy atom. The molecule has 0 amide bonds. The topological polar surface area (TPSA) is 29.5 Å². The molecule has 1 N–H and O–H groups in total. The van der Waals surface area contributed by atoms with Gasteiger partial charge in [0.25, 0.3) is 0 Å². The van der Waals surface area contributed by atoms with Crippen LogP contribution in [0.15, 0.2) is 24.3 Å². The van der Waals surface area contributed by atoms with Gasteiger partial charge in [0.15, 0.2) is 5.60 Å². The third-order valence-corrected chi connectivity index (χ3v) is 2.67. The molecule has 0 spiro atoms. The first-order valence-corrected chi connectivity index (χ1v) is 5.18. The molecule has 2 nitrogen and oxygen atoms in total. The van der Waals surface area contributed by atoms with Crippen LogP contribution in [0.3, 0.4) is 0 Å². The van der Waals surface area contributed by atoms with Crippen molar-refractivity contribution in [2.75, 3.05) is 7.11 Å². The van der Waals surface area contributed by atoms with Gasteiger partial charge in [-0.1, -0.05) is 12.1 Å². The minimum Gasteiger partial charge on any atom is -0.497 e. The lowest BCUT2D eigenvalue weighted by molar-refractivity contribution is -0.254. The summed E-state index contributed by atoms with van der Waals surface area (Å²) in [5.41, 5.74) is -1.91. The number of halogens is 3. The summed E-state index contributed by atoms with van der Waals surface area (Å²) in [5, 5.41) is 9.26. The van der Waals surface area contributed by atoms with E-state index in [1.807, 2.05) is 0 Å². The smallest absolute Gasteiger partial charge is 0.416 e. The van der Waals surface area contributed by atoms with Gasteiger partial charge in [0.05, 0.1) is 7.11 Å². The number of rotatable bonds is 4. The van der Waals surface area contributed by atoms with E-state index in [0.717, 1.165) is 12.5 Å². The highest BCUT2D eigenvalue weighted by atomic mass is 19.4. The van der Waals surface area contributed by atoms with Crippen LogP contribution in [-0.2, 0) is 6.42 Å². The maximum Gasteiger partial charge on any atom is 0.416 e. The highest BCUT2D eigenvalue weighted by Crippen LogP contribution is 2.33. The van der Waals surface area contributed by atoms with Gasteiger partial charge in [-0.25, -0.2) is 0 Å². The molecule has 1 aromatic rings. The third kappa shape index (κ3) is 3.63. The highest BCUT2D eigenvalue weighted by molar-refractivity contribution is 5.27. The van der Waals surface area contributed by atoms with Gasteiger partial charge >= 0.3 is 6.18 Å². The molecule has 1 unspecified atom stereocenters. The lowest BCUT2D eigenvalue weighted by Gasteiger charge is -2.26. The Bertz CT molecular complexity index is 355. The summed E-state index contributed by atoms with van der Waals surface area (Å²) in [6.45, 7) is 0.788. The second-order valence-electron chi connectivity index (χ2n) is 4.12. The van der Waals surface area contributed by atoms with Crippen molar-refractivity contribution < 1.29 is 23.0 Å². The Morgan fingerprint density at radius 1 is 1.18 bits per heavy atom. The number of hydrogen-bond acceptors (Lipinski definition) is 2. The summed E-state index contributed by atoms with van der Waals surface area (Å²) in [5.74, 6) is 0.649. The van der Waals surface area contributed by atoms with E-state index in [9.17, 15) is 18.3 Å². The largest absolute Gasteiger partial charge is 0.497 e. The lowest BCUT2D eigenvalue weighted by atomic mass is 9.96. The van der Waals surface area contributed by atoms with Gasteiger partial charge in [-0.2, -0.15) is 13.2 Å². The van der Waals surface area contributed by atoms with Crippen LogP contribution >= 0.6 is 0 Å². The molecule has 0 radical (unpaired) electrons. The predicted octanol–water partition coefficient (Wildman–Crippen LogP) is 2.94. The Balaban J connectivity index is 2.61. The van der Waals surface area contributed by atoms with E-state index >= 15 is 0 Å². The molecular weight excluding hydrogens is 233 g/mol. The molecule has 0 bridgehead atoms. The summed E-state index contributed by atoms with van der Waals surface area (Å²) in [6, 6.07) is 6.73. The van der Waals surface area contributed by atoms with Crippen molar-refractivity contribution in [3.05, 3.63) is 29.8 Å². The number of aliphatic hydroxyl groups is 1. The zero-order valence-electron chi connectivity index (χ0n) is 9.71. The van der Waals surface area contributed by atoms with Crippen LogP contribution in [0.4, 0.5) is 13.2 Å². The number of alkyl halides is 3. The summed E-state index contributed by atoms with van der Waals surface area (Å²) < 4.78 is 42.1. The van der Waals surface area contributed by atoms with Crippen molar-refractivity contribution >= 4 is 0 Å². The van der Waals surface area contributed by atoms with Crippen molar-refractivity contribution in [2.45, 2.75) is 31.5 Å². The summed E-state index contributed by atoms with van der Waals surface area (Å²) in [7, 11) is 1.52. The third-order valence-electron chi connectivity index (χ3n) is 2.67. The quantitative estimate of drug-likeness (QED) is 0.887. The zero-order chi connectivity index (χ0) is 13.1. The van der Waals surface area contributed by atoms with Crippen LogP contribution in [0.25, 0.3) is 0 Å². The number of methoxy groups -OCH3 is 1. The van der Waals surface area contributed by atoms with Gasteiger partial charge in [-0.05, 0) is 37.5 Å². The molecule has 17 heavy (non-hydrogen) atoms. The van der Waals surface area contributed by atoms with E-state index in [2.05, 4.69) is 0 Å². The van der Waals surface area contributed by atoms with Gasteiger partial charge in [0.2, 0.25) is 0 Å². The molecule has 0 aromatic heterocycles. The van der Waals surface area contributed by atoms with Gasteiger partial charge in [0.1, 0.15) is 5.75 Å². The fourth-order valence-electron chi connectivity index (χ4n) is 1.32. The molecule has 0 saturated heterocycles. The fourth-order valence-corrected chi connectivity index (χ4v) is 1.32. The van der Waals surface area contributed by atoms with E-state index in [-0.39, 0.29) is 12.8 Å². The van der Waals surface area contributed by atoms with Gasteiger partial charge in [0, 0.05) is 0 Å². The van der Waals surface area contributed by atoms with E-state index in [1.54, 1.807) is 24.3 Å². The molecule has 1 atom stereocenters. The summed E-state index contributed by atoms with van der Waals surface area (Å²) >= 11 is 0. The molecule has 96 valence electrons. The Hall–Kier alpha value is -1.23. The van der Waals surface area contributed by atoms with Crippen molar-refractivity contribution in [1.29, 1.82) is 0 Å². The van der Waals surface area contributed by atoms with Crippen molar-refractivity contribution in [1.82, 2.24) is 0 Å².